The first-order valence-corrected chi connectivity index (χ1v) is 7.31. The Labute approximate surface area is 102 Å². The van der Waals surface area contributed by atoms with E-state index in [2.05, 4.69) is 34.2 Å². The highest BCUT2D eigenvalue weighted by atomic mass is 32.2. The third kappa shape index (κ3) is 3.52. The van der Waals surface area contributed by atoms with Gasteiger partial charge in [-0.2, -0.15) is 16.9 Å². The third-order valence-electron chi connectivity index (χ3n) is 3.15. The first-order valence-electron chi connectivity index (χ1n) is 6.16. The van der Waals surface area contributed by atoms with Crippen LogP contribution in [0.1, 0.15) is 30.5 Å². The number of thioether (sulfide) groups is 1. The van der Waals surface area contributed by atoms with Crippen molar-refractivity contribution in [3.63, 3.8) is 0 Å². The maximum absolute atomic E-state index is 4.04. The van der Waals surface area contributed by atoms with E-state index < -0.39 is 0 Å². The zero-order valence-corrected chi connectivity index (χ0v) is 10.8. The molecule has 2 N–H and O–H groups in total. The molecule has 3 nitrogen and oxygen atoms in total. The maximum atomic E-state index is 4.04. The minimum Gasteiger partial charge on any atom is -0.313 e. The average Bonchev–Trinajstić information content (AvgIpc) is 2.72. The van der Waals surface area contributed by atoms with Gasteiger partial charge in [0, 0.05) is 17.5 Å². The summed E-state index contributed by atoms with van der Waals surface area (Å²) in [5, 5.41) is 10.7. The van der Waals surface area contributed by atoms with Crippen LogP contribution in [0.4, 0.5) is 0 Å². The van der Waals surface area contributed by atoms with E-state index in [0.717, 1.165) is 19.0 Å². The zero-order chi connectivity index (χ0) is 11.2. The largest absolute Gasteiger partial charge is 0.313 e. The number of H-pyrrole nitrogens is 1. The van der Waals surface area contributed by atoms with Crippen LogP contribution in [0.25, 0.3) is 0 Å². The van der Waals surface area contributed by atoms with Crippen LogP contribution in [0.5, 0.6) is 0 Å². The molecule has 1 aromatic heterocycles. The lowest BCUT2D eigenvalue weighted by atomic mass is 10.1. The van der Waals surface area contributed by atoms with Crippen molar-refractivity contribution in [2.24, 2.45) is 0 Å². The van der Waals surface area contributed by atoms with E-state index >= 15 is 0 Å². The van der Waals surface area contributed by atoms with E-state index in [9.17, 15) is 0 Å². The summed E-state index contributed by atoms with van der Waals surface area (Å²) >= 11 is 2.08. The highest BCUT2D eigenvalue weighted by Gasteiger charge is 2.12. The van der Waals surface area contributed by atoms with Crippen molar-refractivity contribution < 1.29 is 0 Å². The molecule has 0 aromatic carbocycles. The fourth-order valence-corrected chi connectivity index (χ4v) is 3.22. The molecular weight excluding hydrogens is 218 g/mol. The molecule has 1 saturated heterocycles. The third-order valence-corrected chi connectivity index (χ3v) is 4.37. The van der Waals surface area contributed by atoms with Gasteiger partial charge in [0.25, 0.3) is 0 Å². The van der Waals surface area contributed by atoms with E-state index in [-0.39, 0.29) is 0 Å². The number of aromatic nitrogens is 2. The molecule has 90 valence electrons. The van der Waals surface area contributed by atoms with Gasteiger partial charge in [0.05, 0.1) is 6.20 Å². The molecule has 1 unspecified atom stereocenters. The Morgan fingerprint density at radius 3 is 3.25 bits per heavy atom. The molecule has 1 aliphatic rings. The normalized spacial score (nSPS) is 21.2. The zero-order valence-electron chi connectivity index (χ0n) is 9.96. The van der Waals surface area contributed by atoms with Crippen LogP contribution in [-0.2, 0) is 6.42 Å². The van der Waals surface area contributed by atoms with Gasteiger partial charge in [-0.1, -0.05) is 0 Å². The molecule has 0 amide bonds. The van der Waals surface area contributed by atoms with Crippen LogP contribution in [0, 0.1) is 6.92 Å². The summed E-state index contributed by atoms with van der Waals surface area (Å²) in [6.45, 7) is 3.23. The van der Waals surface area contributed by atoms with Gasteiger partial charge < -0.3 is 5.32 Å². The van der Waals surface area contributed by atoms with E-state index in [1.54, 1.807) is 0 Å². The molecule has 16 heavy (non-hydrogen) atoms. The highest BCUT2D eigenvalue weighted by Crippen LogP contribution is 2.16. The van der Waals surface area contributed by atoms with Crippen LogP contribution in [0.15, 0.2) is 6.20 Å². The van der Waals surface area contributed by atoms with Crippen molar-refractivity contribution >= 4 is 11.8 Å². The minimum absolute atomic E-state index is 0.754. The van der Waals surface area contributed by atoms with Gasteiger partial charge in [-0.15, -0.1) is 0 Å². The Bertz CT molecular complexity index is 305. The molecular formula is C12H21N3S. The predicted molar refractivity (Wildman–Crippen MR) is 70.0 cm³/mol. The number of aryl methyl sites for hydroxylation is 2. The first-order chi connectivity index (χ1) is 7.86. The summed E-state index contributed by atoms with van der Waals surface area (Å²) < 4.78 is 0. The molecule has 0 spiro atoms. The van der Waals surface area contributed by atoms with Crippen molar-refractivity contribution in [3.05, 3.63) is 17.5 Å². The van der Waals surface area contributed by atoms with Crippen LogP contribution < -0.4 is 5.32 Å². The van der Waals surface area contributed by atoms with Crippen molar-refractivity contribution in [2.45, 2.75) is 38.6 Å². The Kier molecular flexibility index (Phi) is 4.72. The first kappa shape index (κ1) is 12.0. The van der Waals surface area contributed by atoms with Gasteiger partial charge in [0.1, 0.15) is 0 Å². The molecule has 1 aliphatic heterocycles. The van der Waals surface area contributed by atoms with Crippen molar-refractivity contribution in [2.75, 3.05) is 18.1 Å². The molecule has 1 atom stereocenters. The van der Waals surface area contributed by atoms with Gasteiger partial charge >= 0.3 is 0 Å². The summed E-state index contributed by atoms with van der Waals surface area (Å²) in [5.41, 5.74) is 2.58. The van der Waals surface area contributed by atoms with E-state index in [4.69, 9.17) is 0 Å². The average molecular weight is 239 g/mol. The fourth-order valence-electron chi connectivity index (χ4n) is 2.11. The number of aromatic amines is 1. The summed E-state index contributed by atoms with van der Waals surface area (Å²) in [6, 6.07) is 0.754. The second kappa shape index (κ2) is 6.30. The topological polar surface area (TPSA) is 40.7 Å². The molecule has 0 aliphatic carbocycles. The van der Waals surface area contributed by atoms with Gasteiger partial charge in [0.2, 0.25) is 0 Å². The van der Waals surface area contributed by atoms with Crippen LogP contribution in [0.2, 0.25) is 0 Å². The number of nitrogens with one attached hydrogen (secondary N) is 2. The SMILES string of the molecule is Cc1[nH]ncc1CCCNC1CCCSC1. The Morgan fingerprint density at radius 1 is 1.62 bits per heavy atom. The van der Waals surface area contributed by atoms with Gasteiger partial charge in [-0.25, -0.2) is 0 Å². The minimum atomic E-state index is 0.754. The second-order valence-corrected chi connectivity index (χ2v) is 5.64. The smallest absolute Gasteiger partial charge is 0.0522 e. The van der Waals surface area contributed by atoms with Crippen molar-refractivity contribution in [1.29, 1.82) is 0 Å². The molecule has 1 aromatic rings. The van der Waals surface area contributed by atoms with Crippen LogP contribution >= 0.6 is 11.8 Å². The quantitative estimate of drug-likeness (QED) is 0.773. The number of hydrogen-bond donors (Lipinski definition) is 2. The Morgan fingerprint density at radius 2 is 2.56 bits per heavy atom. The fraction of sp³-hybridized carbons (Fsp3) is 0.750. The van der Waals surface area contributed by atoms with Gasteiger partial charge in [0.15, 0.2) is 0 Å². The van der Waals surface area contributed by atoms with Crippen LogP contribution in [0.3, 0.4) is 0 Å². The monoisotopic (exact) mass is 239 g/mol. The second-order valence-electron chi connectivity index (χ2n) is 4.49. The number of hydrogen-bond acceptors (Lipinski definition) is 3. The Balaban J connectivity index is 1.59. The molecule has 4 heteroatoms. The lowest BCUT2D eigenvalue weighted by Crippen LogP contribution is -2.34. The van der Waals surface area contributed by atoms with E-state index in [1.807, 2.05) is 6.20 Å². The molecule has 2 heterocycles. The predicted octanol–water partition coefficient (Wildman–Crippen LogP) is 2.14. The Hall–Kier alpha value is -0.480. The number of rotatable bonds is 5. The van der Waals surface area contributed by atoms with E-state index in [1.165, 1.54) is 42.0 Å². The summed E-state index contributed by atoms with van der Waals surface area (Å²) in [5.74, 6) is 2.65. The van der Waals surface area contributed by atoms with Gasteiger partial charge in [-0.05, 0) is 50.5 Å². The van der Waals surface area contributed by atoms with E-state index in [0.29, 0.717) is 0 Å². The summed E-state index contributed by atoms with van der Waals surface area (Å²) in [6.07, 6.45) is 7.03. The van der Waals surface area contributed by atoms with Crippen LogP contribution in [-0.4, -0.2) is 34.3 Å². The summed E-state index contributed by atoms with van der Waals surface area (Å²) in [7, 11) is 0. The van der Waals surface area contributed by atoms with Gasteiger partial charge in [-0.3, -0.25) is 5.10 Å². The standard InChI is InChI=1S/C12H21N3S/c1-10-11(8-14-15-10)4-2-6-13-12-5-3-7-16-9-12/h8,12-13H,2-7,9H2,1H3,(H,14,15). The highest BCUT2D eigenvalue weighted by molar-refractivity contribution is 7.99. The number of nitrogens with zero attached hydrogens (tertiary/aromatic N) is 1. The molecule has 2 rings (SSSR count). The molecule has 1 fully saturated rings. The maximum Gasteiger partial charge on any atom is 0.0522 e. The van der Waals surface area contributed by atoms with Crippen molar-refractivity contribution in [1.82, 2.24) is 15.5 Å². The molecule has 0 radical (unpaired) electrons. The molecule has 0 saturated carbocycles. The lowest BCUT2D eigenvalue weighted by Gasteiger charge is -2.22. The van der Waals surface area contributed by atoms with Crippen molar-refractivity contribution in [3.8, 4) is 0 Å². The lowest BCUT2D eigenvalue weighted by molar-refractivity contribution is 0.501. The molecule has 0 bridgehead atoms. The summed E-state index contributed by atoms with van der Waals surface area (Å²) in [4.78, 5) is 0.